The smallest absolute Gasteiger partial charge is 0.323 e. The number of nitrogens with zero attached hydrogens (tertiary/aromatic N) is 1. The van der Waals surface area contributed by atoms with Gasteiger partial charge in [-0.1, -0.05) is 18.2 Å². The first-order valence-electron chi connectivity index (χ1n) is 6.75. The third-order valence-electron chi connectivity index (χ3n) is 2.89. The van der Waals surface area contributed by atoms with E-state index in [1.165, 1.54) is 30.3 Å². The van der Waals surface area contributed by atoms with Crippen LogP contribution in [0.3, 0.4) is 0 Å². The Bertz CT molecular complexity index is 800. The Labute approximate surface area is 136 Å². The number of non-ortho nitro benzene ring substituents is 1. The summed E-state index contributed by atoms with van der Waals surface area (Å²) in [5, 5.41) is 26.1. The molecule has 8 nitrogen and oxygen atoms in total. The maximum Gasteiger partial charge on any atom is 0.323 e. The molecule has 0 atom stereocenters. The molecule has 2 aromatic carbocycles. The van der Waals surface area contributed by atoms with E-state index < -0.39 is 16.9 Å². The number of nitro benzene ring substituents is 1. The molecule has 0 aliphatic rings. The number of carbonyl (C=O) groups excluding carboxylic acids is 2. The van der Waals surface area contributed by atoms with Gasteiger partial charge < -0.3 is 20.5 Å². The van der Waals surface area contributed by atoms with Crippen LogP contribution in [-0.2, 0) is 4.79 Å². The van der Waals surface area contributed by atoms with Crippen LogP contribution in [0.15, 0.2) is 54.6 Å². The minimum Gasteiger partial charge on any atom is -0.545 e. The number of anilines is 2. The third-order valence-corrected chi connectivity index (χ3v) is 2.89. The lowest BCUT2D eigenvalue weighted by atomic mass is 10.2. The topological polar surface area (TPSA) is 124 Å². The van der Waals surface area contributed by atoms with Crippen LogP contribution in [0.25, 0.3) is 6.08 Å². The SMILES string of the molecule is O=C([O-])/C=C/c1cccc(NC(=O)Nc2ccc([N+](=O)[O-])cc2)c1. The molecule has 2 N–H and O–H groups in total. The Kier molecular flexibility index (Phi) is 5.24. The molecule has 0 spiro atoms. The van der Waals surface area contributed by atoms with Gasteiger partial charge >= 0.3 is 6.03 Å². The van der Waals surface area contributed by atoms with Crippen molar-refractivity contribution in [2.24, 2.45) is 0 Å². The number of aliphatic carboxylic acids is 1. The number of benzene rings is 2. The number of carbonyl (C=O) groups is 2. The Hall–Kier alpha value is -3.68. The summed E-state index contributed by atoms with van der Waals surface area (Å²) in [5.74, 6) is -1.32. The molecule has 0 aromatic heterocycles. The molecule has 8 heteroatoms. The molecule has 0 aliphatic heterocycles. The van der Waals surface area contributed by atoms with E-state index in [2.05, 4.69) is 10.6 Å². The second-order valence-electron chi connectivity index (χ2n) is 4.66. The summed E-state index contributed by atoms with van der Waals surface area (Å²) in [4.78, 5) is 32.3. The van der Waals surface area contributed by atoms with E-state index in [1.54, 1.807) is 24.3 Å². The van der Waals surface area contributed by atoms with Crippen LogP contribution < -0.4 is 15.7 Å². The van der Waals surface area contributed by atoms with Crippen LogP contribution in [0.5, 0.6) is 0 Å². The predicted molar refractivity (Wildman–Crippen MR) is 86.2 cm³/mol. The molecule has 2 amide bonds. The second kappa shape index (κ2) is 7.54. The van der Waals surface area contributed by atoms with Crippen LogP contribution in [0, 0.1) is 10.1 Å². The van der Waals surface area contributed by atoms with Gasteiger partial charge in [0, 0.05) is 23.5 Å². The molecule has 122 valence electrons. The standard InChI is InChI=1S/C16H13N3O5/c20-15(21)9-4-11-2-1-3-13(10-11)18-16(22)17-12-5-7-14(8-6-12)19(23)24/h1-10H,(H,20,21)(H2,17,18,22)/p-1/b9-4+. The highest BCUT2D eigenvalue weighted by atomic mass is 16.6. The fraction of sp³-hybridized carbons (Fsp3) is 0. The van der Waals surface area contributed by atoms with Gasteiger partial charge in [0.2, 0.25) is 0 Å². The lowest BCUT2D eigenvalue weighted by Gasteiger charge is -2.08. The molecule has 0 radical (unpaired) electrons. The number of carboxylic acids is 1. The molecule has 2 rings (SSSR count). The Morgan fingerprint density at radius 2 is 1.67 bits per heavy atom. The molecule has 0 fully saturated rings. The number of amides is 2. The van der Waals surface area contributed by atoms with Gasteiger partial charge in [-0.3, -0.25) is 10.1 Å². The van der Waals surface area contributed by atoms with Gasteiger partial charge in [0.15, 0.2) is 0 Å². The van der Waals surface area contributed by atoms with Crippen LogP contribution in [0.4, 0.5) is 21.9 Å². The average Bonchev–Trinajstić information content (AvgIpc) is 2.53. The van der Waals surface area contributed by atoms with Crippen molar-refractivity contribution in [3.8, 4) is 0 Å². The third kappa shape index (κ3) is 4.95. The van der Waals surface area contributed by atoms with Crippen molar-refractivity contribution in [1.29, 1.82) is 0 Å². The average molecular weight is 326 g/mol. The molecule has 0 saturated carbocycles. The van der Waals surface area contributed by atoms with Crippen molar-refractivity contribution in [2.75, 3.05) is 10.6 Å². The molecular formula is C16H12N3O5-. The number of nitrogens with one attached hydrogen (secondary N) is 2. The van der Waals surface area contributed by atoms with Gasteiger partial charge in [-0.25, -0.2) is 4.79 Å². The van der Waals surface area contributed by atoms with E-state index in [4.69, 9.17) is 0 Å². The molecule has 0 unspecified atom stereocenters. The first-order valence-corrected chi connectivity index (χ1v) is 6.75. The predicted octanol–water partition coefficient (Wildman–Crippen LogP) is 2.00. The number of rotatable bonds is 5. The van der Waals surface area contributed by atoms with Gasteiger partial charge in [-0.15, -0.1) is 0 Å². The number of urea groups is 1. The van der Waals surface area contributed by atoms with E-state index in [1.807, 2.05) is 0 Å². The summed E-state index contributed by atoms with van der Waals surface area (Å²) in [6.07, 6.45) is 2.23. The normalized spacial score (nSPS) is 10.3. The first-order chi connectivity index (χ1) is 11.4. The quantitative estimate of drug-likeness (QED) is 0.494. The molecule has 0 heterocycles. The maximum absolute atomic E-state index is 11.9. The highest BCUT2D eigenvalue weighted by molar-refractivity contribution is 6.00. The molecule has 24 heavy (non-hydrogen) atoms. The number of nitro groups is 1. The maximum atomic E-state index is 11.9. The van der Waals surface area contributed by atoms with E-state index in [0.717, 1.165) is 6.08 Å². The van der Waals surface area contributed by atoms with Gasteiger partial charge in [-0.2, -0.15) is 0 Å². The van der Waals surface area contributed by atoms with E-state index in [0.29, 0.717) is 16.9 Å². The van der Waals surface area contributed by atoms with E-state index in [-0.39, 0.29) is 5.69 Å². The first kappa shape index (κ1) is 16.7. The van der Waals surface area contributed by atoms with Crippen LogP contribution >= 0.6 is 0 Å². The van der Waals surface area contributed by atoms with Crippen molar-refractivity contribution in [3.63, 3.8) is 0 Å². The van der Waals surface area contributed by atoms with Crippen LogP contribution in [0.1, 0.15) is 5.56 Å². The van der Waals surface area contributed by atoms with Gasteiger partial charge in [0.05, 0.1) is 10.9 Å². The molecule has 2 aromatic rings. The molecule has 0 aliphatic carbocycles. The zero-order chi connectivity index (χ0) is 17.5. The summed E-state index contributed by atoms with van der Waals surface area (Å²) in [6, 6.07) is 11.4. The minimum absolute atomic E-state index is 0.0756. The Balaban J connectivity index is 2.00. The fourth-order valence-electron chi connectivity index (χ4n) is 1.84. The monoisotopic (exact) mass is 326 g/mol. The number of carboxylic acid groups (broad SMARTS) is 1. The lowest BCUT2D eigenvalue weighted by Crippen LogP contribution is -2.19. The van der Waals surface area contributed by atoms with Crippen molar-refractivity contribution in [3.05, 3.63) is 70.3 Å². The van der Waals surface area contributed by atoms with Crippen molar-refractivity contribution >= 4 is 35.1 Å². The zero-order valence-electron chi connectivity index (χ0n) is 12.3. The number of hydrogen-bond acceptors (Lipinski definition) is 5. The number of hydrogen-bond donors (Lipinski definition) is 2. The largest absolute Gasteiger partial charge is 0.545 e. The highest BCUT2D eigenvalue weighted by Gasteiger charge is 2.06. The molecular weight excluding hydrogens is 314 g/mol. The highest BCUT2D eigenvalue weighted by Crippen LogP contribution is 2.16. The van der Waals surface area contributed by atoms with Gasteiger partial charge in [0.25, 0.3) is 5.69 Å². The Morgan fingerprint density at radius 1 is 1.00 bits per heavy atom. The van der Waals surface area contributed by atoms with Crippen molar-refractivity contribution < 1.29 is 19.6 Å². The zero-order valence-corrected chi connectivity index (χ0v) is 12.3. The fourth-order valence-corrected chi connectivity index (χ4v) is 1.84. The summed E-state index contributed by atoms with van der Waals surface area (Å²) in [6.45, 7) is 0. The van der Waals surface area contributed by atoms with E-state index in [9.17, 15) is 24.8 Å². The summed E-state index contributed by atoms with van der Waals surface area (Å²) in [5.41, 5.74) is 1.35. The molecule has 0 saturated heterocycles. The van der Waals surface area contributed by atoms with Crippen LogP contribution in [0.2, 0.25) is 0 Å². The minimum atomic E-state index is -1.32. The second-order valence-corrected chi connectivity index (χ2v) is 4.66. The van der Waals surface area contributed by atoms with Crippen molar-refractivity contribution in [2.45, 2.75) is 0 Å². The van der Waals surface area contributed by atoms with Gasteiger partial charge in [0.1, 0.15) is 0 Å². The molecule has 0 bridgehead atoms. The van der Waals surface area contributed by atoms with Crippen molar-refractivity contribution in [1.82, 2.24) is 0 Å². The van der Waals surface area contributed by atoms with Crippen LogP contribution in [-0.4, -0.2) is 16.9 Å². The summed E-state index contributed by atoms with van der Waals surface area (Å²) < 4.78 is 0. The summed E-state index contributed by atoms with van der Waals surface area (Å²) >= 11 is 0. The van der Waals surface area contributed by atoms with Gasteiger partial charge in [-0.05, 0) is 35.9 Å². The lowest BCUT2D eigenvalue weighted by molar-refractivity contribution is -0.384. The van der Waals surface area contributed by atoms with E-state index >= 15 is 0 Å². The Morgan fingerprint density at radius 3 is 2.29 bits per heavy atom. The summed E-state index contributed by atoms with van der Waals surface area (Å²) in [7, 11) is 0.